The number of ether oxygens (including phenoxy) is 1. The number of hydrogen-bond donors (Lipinski definition) is 2. The van der Waals surface area contributed by atoms with Crippen molar-refractivity contribution in [1.82, 2.24) is 4.98 Å². The first kappa shape index (κ1) is 21.0. The van der Waals surface area contributed by atoms with E-state index in [1.54, 1.807) is 0 Å². The number of rotatable bonds is 4. The first-order chi connectivity index (χ1) is 12.4. The van der Waals surface area contributed by atoms with Crippen LogP contribution in [0, 0.1) is 5.82 Å². The fraction of sp³-hybridized carbons (Fsp3) is 0.235. The number of nitrogens with one attached hydrogen (secondary N) is 1. The molecule has 1 amide bonds. The van der Waals surface area contributed by atoms with Crippen LogP contribution >= 0.6 is 24.0 Å². The molecule has 3 N–H and O–H groups in total. The number of carbonyl (C=O) groups is 1. The highest BCUT2D eigenvalue weighted by molar-refractivity contribution is 6.30. The van der Waals surface area contributed by atoms with Crippen molar-refractivity contribution in [3.8, 4) is 0 Å². The lowest BCUT2D eigenvalue weighted by atomic mass is 9.91. The Kier molecular flexibility index (Phi) is 6.69. The van der Waals surface area contributed by atoms with Gasteiger partial charge in [0, 0.05) is 17.4 Å². The van der Waals surface area contributed by atoms with Gasteiger partial charge in [0.15, 0.2) is 0 Å². The number of alkyl halides is 1. The van der Waals surface area contributed by atoms with Crippen molar-refractivity contribution < 1.29 is 18.3 Å². The van der Waals surface area contributed by atoms with E-state index in [9.17, 15) is 13.6 Å². The van der Waals surface area contributed by atoms with Crippen LogP contribution in [-0.2, 0) is 10.3 Å². The summed E-state index contributed by atoms with van der Waals surface area (Å²) in [5.74, 6) is -1.11. The summed E-state index contributed by atoms with van der Waals surface area (Å²) in [5.41, 5.74) is 4.39. The average Bonchev–Trinajstić information content (AvgIpc) is 2.63. The van der Waals surface area contributed by atoms with Crippen molar-refractivity contribution in [1.29, 1.82) is 0 Å². The molecule has 2 heterocycles. The number of halogens is 4. The number of amidine groups is 1. The Morgan fingerprint density at radius 3 is 2.78 bits per heavy atom. The number of nitrogens with two attached hydrogens (primary N) is 1. The van der Waals surface area contributed by atoms with E-state index in [0.717, 1.165) is 6.07 Å². The maximum atomic E-state index is 14.3. The number of anilines is 1. The molecule has 144 valence electrons. The van der Waals surface area contributed by atoms with E-state index in [1.807, 2.05) is 0 Å². The third-order valence-corrected chi connectivity index (χ3v) is 4.08. The van der Waals surface area contributed by atoms with E-state index in [4.69, 9.17) is 22.1 Å². The molecule has 1 atom stereocenters. The standard InChI is InChI=1S/C17H15ClF2N4O2.ClH/c18-10-1-4-14(22-6-10)16(25)23-11-2-3-13(20)12(5-11)17(8-19)9-26-7-15(21)24-17;/h1-6H,7-9H2,(H2,21,24)(H,23,25);1H. The molecule has 1 aromatic heterocycles. The number of aromatic nitrogens is 1. The summed E-state index contributed by atoms with van der Waals surface area (Å²) in [7, 11) is 0. The van der Waals surface area contributed by atoms with E-state index >= 15 is 0 Å². The van der Waals surface area contributed by atoms with Gasteiger partial charge < -0.3 is 15.8 Å². The third kappa shape index (κ3) is 4.52. The maximum absolute atomic E-state index is 14.3. The summed E-state index contributed by atoms with van der Waals surface area (Å²) < 4.78 is 33.3. The zero-order valence-corrected chi connectivity index (χ0v) is 15.5. The van der Waals surface area contributed by atoms with Gasteiger partial charge in [-0.25, -0.2) is 13.8 Å². The fourth-order valence-electron chi connectivity index (χ4n) is 2.61. The Balaban J connectivity index is 0.00000261. The second-order valence-corrected chi connectivity index (χ2v) is 6.21. The largest absolute Gasteiger partial charge is 0.385 e. The molecule has 0 bridgehead atoms. The van der Waals surface area contributed by atoms with E-state index in [2.05, 4.69) is 15.3 Å². The number of hydrogen-bond acceptors (Lipinski definition) is 5. The molecule has 0 aliphatic carbocycles. The van der Waals surface area contributed by atoms with Gasteiger partial charge in [-0.3, -0.25) is 9.79 Å². The third-order valence-electron chi connectivity index (χ3n) is 3.86. The van der Waals surface area contributed by atoms with Gasteiger partial charge in [0.1, 0.15) is 36.2 Å². The lowest BCUT2D eigenvalue weighted by molar-refractivity contribution is 0.0809. The highest BCUT2D eigenvalue weighted by atomic mass is 35.5. The summed E-state index contributed by atoms with van der Waals surface area (Å²) in [6.45, 7) is -1.10. The van der Waals surface area contributed by atoms with E-state index < -0.39 is 23.9 Å². The first-order valence-electron chi connectivity index (χ1n) is 7.64. The van der Waals surface area contributed by atoms with Gasteiger partial charge in [-0.2, -0.15) is 0 Å². The van der Waals surface area contributed by atoms with Gasteiger partial charge >= 0.3 is 0 Å². The number of aliphatic imine (C=N–C) groups is 1. The highest BCUT2D eigenvalue weighted by Gasteiger charge is 2.38. The number of carbonyl (C=O) groups excluding carboxylic acids is 1. The topological polar surface area (TPSA) is 89.6 Å². The normalized spacial score (nSPS) is 19.0. The lowest BCUT2D eigenvalue weighted by Crippen LogP contribution is -2.42. The minimum atomic E-state index is -1.58. The second kappa shape index (κ2) is 8.60. The van der Waals surface area contributed by atoms with E-state index in [0.29, 0.717) is 5.02 Å². The van der Waals surface area contributed by atoms with Crippen LogP contribution in [0.25, 0.3) is 0 Å². The zero-order valence-electron chi connectivity index (χ0n) is 13.9. The van der Waals surface area contributed by atoms with Crippen molar-refractivity contribution in [2.24, 2.45) is 10.7 Å². The predicted molar refractivity (Wildman–Crippen MR) is 101 cm³/mol. The Morgan fingerprint density at radius 2 is 2.15 bits per heavy atom. The van der Waals surface area contributed by atoms with Gasteiger partial charge in [-0.05, 0) is 30.3 Å². The van der Waals surface area contributed by atoms with Crippen molar-refractivity contribution in [3.63, 3.8) is 0 Å². The minimum absolute atomic E-state index is 0. The molecular formula is C17H16Cl2F2N4O2. The highest BCUT2D eigenvalue weighted by Crippen LogP contribution is 2.33. The molecule has 1 unspecified atom stereocenters. The quantitative estimate of drug-likeness (QED) is 0.800. The SMILES string of the molecule is Cl.NC1=NC(CF)(c2cc(NC(=O)c3ccc(Cl)cn3)ccc2F)COC1. The van der Waals surface area contributed by atoms with E-state index in [1.165, 1.54) is 30.5 Å². The van der Waals surface area contributed by atoms with Gasteiger partial charge in [-0.1, -0.05) is 11.6 Å². The van der Waals surface area contributed by atoms with Crippen LogP contribution in [0.3, 0.4) is 0 Å². The molecule has 0 fully saturated rings. The molecule has 0 saturated heterocycles. The summed E-state index contributed by atoms with van der Waals surface area (Å²) in [6.07, 6.45) is 1.33. The first-order valence-corrected chi connectivity index (χ1v) is 8.02. The Morgan fingerprint density at radius 1 is 1.37 bits per heavy atom. The van der Waals surface area contributed by atoms with Gasteiger partial charge in [0.05, 0.1) is 11.6 Å². The number of pyridine rings is 1. The molecule has 2 aromatic rings. The fourth-order valence-corrected chi connectivity index (χ4v) is 2.72. The van der Waals surface area contributed by atoms with Crippen LogP contribution in [0.2, 0.25) is 5.02 Å². The molecule has 1 aliphatic rings. The summed E-state index contributed by atoms with van der Waals surface area (Å²) >= 11 is 5.74. The zero-order chi connectivity index (χ0) is 18.7. The molecule has 0 saturated carbocycles. The van der Waals surface area contributed by atoms with Crippen molar-refractivity contribution in [2.45, 2.75) is 5.54 Å². The maximum Gasteiger partial charge on any atom is 0.274 e. The van der Waals surface area contributed by atoms with Gasteiger partial charge in [0.2, 0.25) is 0 Å². The van der Waals surface area contributed by atoms with Crippen molar-refractivity contribution in [3.05, 3.63) is 58.6 Å². The number of amides is 1. The van der Waals surface area contributed by atoms with E-state index in [-0.39, 0.29) is 48.4 Å². The predicted octanol–water partition coefficient (Wildman–Crippen LogP) is 3.10. The Hall–Kier alpha value is -2.29. The Labute approximate surface area is 165 Å². The smallest absolute Gasteiger partial charge is 0.274 e. The summed E-state index contributed by atoms with van der Waals surface area (Å²) in [6, 6.07) is 6.77. The van der Waals surface area contributed by atoms with Crippen LogP contribution in [0.4, 0.5) is 14.5 Å². The molecule has 10 heteroatoms. The van der Waals surface area contributed by atoms with Crippen LogP contribution in [0.1, 0.15) is 16.1 Å². The average molecular weight is 417 g/mol. The second-order valence-electron chi connectivity index (χ2n) is 5.77. The number of nitrogens with zero attached hydrogens (tertiary/aromatic N) is 2. The lowest BCUT2D eigenvalue weighted by Gasteiger charge is -2.31. The van der Waals surface area contributed by atoms with Gasteiger partial charge in [0.25, 0.3) is 5.91 Å². The molecule has 0 radical (unpaired) electrons. The Bertz CT molecular complexity index is 865. The molecule has 27 heavy (non-hydrogen) atoms. The van der Waals surface area contributed by atoms with Gasteiger partial charge in [-0.15, -0.1) is 12.4 Å². The minimum Gasteiger partial charge on any atom is -0.385 e. The molecule has 1 aromatic carbocycles. The van der Waals surface area contributed by atoms with Crippen LogP contribution < -0.4 is 11.1 Å². The molecule has 3 rings (SSSR count). The molecule has 1 aliphatic heterocycles. The molecule has 6 nitrogen and oxygen atoms in total. The monoisotopic (exact) mass is 416 g/mol. The molecular weight excluding hydrogens is 401 g/mol. The van der Waals surface area contributed by atoms with Crippen LogP contribution in [0.5, 0.6) is 0 Å². The van der Waals surface area contributed by atoms with Crippen LogP contribution in [-0.4, -0.2) is 36.6 Å². The molecule has 0 spiro atoms. The van der Waals surface area contributed by atoms with Crippen molar-refractivity contribution in [2.75, 3.05) is 25.2 Å². The summed E-state index contributed by atoms with van der Waals surface area (Å²) in [5, 5.41) is 2.97. The number of benzene rings is 1. The van der Waals surface area contributed by atoms with Crippen molar-refractivity contribution >= 4 is 41.4 Å². The summed E-state index contributed by atoms with van der Waals surface area (Å²) in [4.78, 5) is 20.2. The van der Waals surface area contributed by atoms with Crippen LogP contribution in [0.15, 0.2) is 41.5 Å².